The van der Waals surface area contributed by atoms with E-state index in [2.05, 4.69) is 40.4 Å². The second-order valence-corrected chi connectivity index (χ2v) is 14.8. The van der Waals surface area contributed by atoms with E-state index in [1.165, 1.54) is 4.90 Å². The van der Waals surface area contributed by atoms with Crippen LogP contribution in [0.2, 0.25) is 18.1 Å². The van der Waals surface area contributed by atoms with Gasteiger partial charge in [0, 0.05) is 12.5 Å². The molecule has 2 amide bonds. The molecule has 1 aromatic rings. The van der Waals surface area contributed by atoms with Crippen molar-refractivity contribution in [3.05, 3.63) is 48.6 Å². The molecule has 5 nitrogen and oxygen atoms in total. The Morgan fingerprint density at radius 3 is 2.58 bits per heavy atom. The summed E-state index contributed by atoms with van der Waals surface area (Å²) in [4.78, 5) is 26.9. The molecule has 0 aromatic heterocycles. The lowest BCUT2D eigenvalue weighted by atomic mass is 9.95. The van der Waals surface area contributed by atoms with Crippen LogP contribution in [-0.2, 0) is 20.4 Å². The molecule has 31 heavy (non-hydrogen) atoms. The lowest BCUT2D eigenvalue weighted by molar-refractivity contribution is -0.133. The maximum atomic E-state index is 13.3. The molecule has 1 fully saturated rings. The van der Waals surface area contributed by atoms with Crippen molar-refractivity contribution >= 4 is 20.3 Å². The minimum absolute atomic E-state index is 0.145. The average Bonchev–Trinajstić information content (AvgIpc) is 3.06. The number of imide groups is 1. The summed E-state index contributed by atoms with van der Waals surface area (Å²) in [5.74, 6) is -0.400. The van der Waals surface area contributed by atoms with Crippen LogP contribution in [0.1, 0.15) is 52.0 Å². The van der Waals surface area contributed by atoms with Gasteiger partial charge in [0.1, 0.15) is 6.61 Å². The highest BCUT2D eigenvalue weighted by atomic mass is 28.4. The van der Waals surface area contributed by atoms with Gasteiger partial charge in [-0.15, -0.1) is 6.58 Å². The maximum Gasteiger partial charge on any atom is 0.416 e. The van der Waals surface area contributed by atoms with Crippen molar-refractivity contribution in [3.8, 4) is 0 Å². The largest absolute Gasteiger partial charge is 0.447 e. The molecule has 1 saturated heterocycles. The first-order valence-corrected chi connectivity index (χ1v) is 14.3. The first-order chi connectivity index (χ1) is 14.6. The van der Waals surface area contributed by atoms with Gasteiger partial charge in [-0.05, 0) is 49.4 Å². The average molecular weight is 446 g/mol. The first-order valence-electron chi connectivity index (χ1n) is 11.4. The highest BCUT2D eigenvalue weighted by Crippen LogP contribution is 2.36. The predicted octanol–water partition coefficient (Wildman–Crippen LogP) is 5.96. The minimum atomic E-state index is -1.75. The second kappa shape index (κ2) is 11.1. The standard InChI is InChI=1S/C25H39NO4Si/c1-7-13-21(16-11-12-17-30-31(5,6)25(2,3)4)23(27)26-22(19-29-24(26)28)18-20-14-9-8-10-15-20/h7-10,14-15,21-22H,1,11-13,16-19H2,2-6H3/t21-,22-/m0/s1. The van der Waals surface area contributed by atoms with E-state index in [1.54, 1.807) is 6.08 Å². The van der Waals surface area contributed by atoms with Crippen molar-refractivity contribution in [1.82, 2.24) is 4.90 Å². The van der Waals surface area contributed by atoms with Crippen LogP contribution in [0.4, 0.5) is 4.79 Å². The fourth-order valence-electron chi connectivity index (χ4n) is 3.54. The van der Waals surface area contributed by atoms with Crippen LogP contribution in [-0.4, -0.2) is 44.5 Å². The van der Waals surface area contributed by atoms with E-state index in [0.29, 0.717) is 25.9 Å². The molecular formula is C25H39NO4Si. The molecule has 1 aliphatic heterocycles. The molecule has 6 heteroatoms. The first kappa shape index (κ1) is 25.3. The number of unbranched alkanes of at least 4 members (excludes halogenated alkanes) is 1. The molecule has 1 heterocycles. The number of ether oxygens (including phenoxy) is 1. The zero-order valence-corrected chi connectivity index (χ0v) is 20.9. The van der Waals surface area contributed by atoms with Crippen LogP contribution in [0, 0.1) is 5.92 Å². The Bertz CT molecular complexity index is 742. The molecule has 2 atom stereocenters. The number of rotatable bonds is 11. The van der Waals surface area contributed by atoms with Crippen LogP contribution < -0.4 is 0 Å². The fraction of sp³-hybridized carbons (Fsp3) is 0.600. The molecule has 0 bridgehead atoms. The molecular weight excluding hydrogens is 406 g/mol. The SMILES string of the molecule is C=CC[C@@H](CCCCO[Si](C)(C)C(C)(C)C)C(=O)N1C(=O)OC[C@@H]1Cc1ccccc1. The Morgan fingerprint density at radius 1 is 1.29 bits per heavy atom. The lowest BCUT2D eigenvalue weighted by Gasteiger charge is -2.36. The van der Waals surface area contributed by atoms with E-state index in [1.807, 2.05) is 30.3 Å². The van der Waals surface area contributed by atoms with Gasteiger partial charge < -0.3 is 9.16 Å². The van der Waals surface area contributed by atoms with Gasteiger partial charge in [-0.25, -0.2) is 9.69 Å². The third-order valence-corrected chi connectivity index (χ3v) is 11.1. The third kappa shape index (κ3) is 7.04. The Labute approximate surface area is 188 Å². The summed E-state index contributed by atoms with van der Waals surface area (Å²) in [5.41, 5.74) is 1.09. The monoisotopic (exact) mass is 445 g/mol. The number of hydrogen-bond donors (Lipinski definition) is 0. The number of amides is 2. The number of benzene rings is 1. The van der Waals surface area contributed by atoms with Gasteiger partial charge in [0.2, 0.25) is 5.91 Å². The summed E-state index contributed by atoms with van der Waals surface area (Å²) in [6.45, 7) is 16.0. The van der Waals surface area contributed by atoms with Crippen LogP contribution in [0.3, 0.4) is 0 Å². The summed E-state index contributed by atoms with van der Waals surface area (Å²) >= 11 is 0. The summed E-state index contributed by atoms with van der Waals surface area (Å²) < 4.78 is 11.5. The number of carbonyl (C=O) groups excluding carboxylic acids is 2. The zero-order chi connectivity index (χ0) is 23.1. The zero-order valence-electron chi connectivity index (χ0n) is 19.9. The van der Waals surface area contributed by atoms with Crippen molar-refractivity contribution in [3.63, 3.8) is 0 Å². The van der Waals surface area contributed by atoms with Gasteiger partial charge in [-0.3, -0.25) is 4.79 Å². The predicted molar refractivity (Wildman–Crippen MR) is 127 cm³/mol. The Hall–Kier alpha value is -1.92. The molecule has 1 aliphatic rings. The second-order valence-electron chi connectivity index (χ2n) is 9.95. The van der Waals surface area contributed by atoms with Crippen molar-refractivity contribution in [2.75, 3.05) is 13.2 Å². The van der Waals surface area contributed by atoms with Crippen LogP contribution in [0.5, 0.6) is 0 Å². The van der Waals surface area contributed by atoms with Crippen molar-refractivity contribution in [1.29, 1.82) is 0 Å². The number of nitrogens with zero attached hydrogens (tertiary/aromatic N) is 1. The summed E-state index contributed by atoms with van der Waals surface area (Å²) in [6.07, 6.45) is 4.91. The summed E-state index contributed by atoms with van der Waals surface area (Å²) in [7, 11) is -1.75. The van der Waals surface area contributed by atoms with Gasteiger partial charge in [0.15, 0.2) is 8.32 Å². The van der Waals surface area contributed by atoms with Gasteiger partial charge in [-0.1, -0.05) is 63.6 Å². The molecule has 0 saturated carbocycles. The Kier molecular flexibility index (Phi) is 9.07. The van der Waals surface area contributed by atoms with Gasteiger partial charge in [0.25, 0.3) is 0 Å². The highest BCUT2D eigenvalue weighted by molar-refractivity contribution is 6.74. The third-order valence-electron chi connectivity index (χ3n) is 6.53. The van der Waals surface area contributed by atoms with Crippen molar-refractivity contribution in [2.24, 2.45) is 5.92 Å². The Balaban J connectivity index is 1.92. The van der Waals surface area contributed by atoms with Crippen LogP contribution in [0.15, 0.2) is 43.0 Å². The molecule has 1 aromatic carbocycles. The van der Waals surface area contributed by atoms with Crippen LogP contribution in [0.25, 0.3) is 0 Å². The molecule has 0 N–H and O–H groups in total. The number of cyclic esters (lactones) is 1. The minimum Gasteiger partial charge on any atom is -0.447 e. The topological polar surface area (TPSA) is 55.8 Å². The molecule has 0 unspecified atom stereocenters. The van der Waals surface area contributed by atoms with E-state index in [9.17, 15) is 9.59 Å². The molecule has 0 spiro atoms. The van der Waals surface area contributed by atoms with Crippen molar-refractivity contribution < 1.29 is 18.8 Å². The van der Waals surface area contributed by atoms with E-state index in [4.69, 9.17) is 9.16 Å². The summed E-state index contributed by atoms with van der Waals surface area (Å²) in [5, 5.41) is 0.193. The molecule has 0 aliphatic carbocycles. The van der Waals surface area contributed by atoms with Gasteiger partial charge in [0.05, 0.1) is 6.04 Å². The van der Waals surface area contributed by atoms with Gasteiger partial charge >= 0.3 is 6.09 Å². The normalized spacial score (nSPS) is 18.0. The maximum absolute atomic E-state index is 13.3. The lowest BCUT2D eigenvalue weighted by Crippen LogP contribution is -2.43. The van der Waals surface area contributed by atoms with Crippen LogP contribution >= 0.6 is 0 Å². The van der Waals surface area contributed by atoms with Gasteiger partial charge in [-0.2, -0.15) is 0 Å². The van der Waals surface area contributed by atoms with E-state index < -0.39 is 14.4 Å². The molecule has 0 radical (unpaired) electrons. The number of hydrogen-bond acceptors (Lipinski definition) is 4. The number of carbonyl (C=O) groups is 2. The summed E-state index contributed by atoms with van der Waals surface area (Å²) in [6, 6.07) is 9.65. The number of allylic oxidation sites excluding steroid dienone is 1. The van der Waals surface area contributed by atoms with Crippen molar-refractivity contribution in [2.45, 2.75) is 77.0 Å². The van der Waals surface area contributed by atoms with E-state index in [0.717, 1.165) is 18.4 Å². The van der Waals surface area contributed by atoms with E-state index in [-0.39, 0.29) is 29.5 Å². The van der Waals surface area contributed by atoms with E-state index >= 15 is 0 Å². The molecule has 172 valence electrons. The Morgan fingerprint density at radius 2 is 1.97 bits per heavy atom. The smallest absolute Gasteiger partial charge is 0.416 e. The fourth-order valence-corrected chi connectivity index (χ4v) is 4.63. The highest BCUT2D eigenvalue weighted by Gasteiger charge is 2.40. The molecule has 2 rings (SSSR count). The quantitative estimate of drug-likeness (QED) is 0.239.